The van der Waals surface area contributed by atoms with Crippen LogP contribution in [0.1, 0.15) is 31.2 Å². The largest absolute Gasteiger partial charge is 0.481 e. The van der Waals surface area contributed by atoms with Crippen LogP contribution in [0.4, 0.5) is 10.1 Å². The highest BCUT2D eigenvalue weighted by molar-refractivity contribution is 7.92. The normalized spacial score (nSPS) is 27.9. The minimum absolute atomic E-state index is 0.275. The van der Waals surface area contributed by atoms with Crippen LogP contribution in [0.15, 0.2) is 18.2 Å². The number of hydrogen-bond donors (Lipinski definition) is 1. The van der Waals surface area contributed by atoms with E-state index in [0.29, 0.717) is 31.4 Å². The zero-order chi connectivity index (χ0) is 16.1. The molecule has 1 spiro atoms. The average Bonchev–Trinajstić information content (AvgIpc) is 2.73. The van der Waals surface area contributed by atoms with Crippen LogP contribution in [0.2, 0.25) is 0 Å². The maximum atomic E-state index is 13.5. The highest BCUT2D eigenvalue weighted by Gasteiger charge is 2.48. The summed E-state index contributed by atoms with van der Waals surface area (Å²) in [6, 6.07) is 4.25. The first-order valence-corrected chi connectivity index (χ1v) is 9.08. The van der Waals surface area contributed by atoms with Gasteiger partial charge < -0.3 is 5.11 Å². The fraction of sp³-hybridized carbons (Fsp3) is 0.533. The minimum atomic E-state index is -3.49. The standard InChI is InChI=1S/C15H18FNO4S/c1-22(20,21)17-9-15(6-4-10(5-7-15)14(18)19)12-3-2-11(16)8-13(12)17/h2-3,8,10H,4-7,9H2,1H3,(H,18,19). The molecule has 0 amide bonds. The van der Waals surface area contributed by atoms with Crippen LogP contribution in [-0.4, -0.2) is 32.3 Å². The molecule has 1 aromatic rings. The number of hydrogen-bond acceptors (Lipinski definition) is 3. The van der Waals surface area contributed by atoms with Crippen molar-refractivity contribution in [2.45, 2.75) is 31.1 Å². The van der Waals surface area contributed by atoms with Crippen molar-refractivity contribution in [1.82, 2.24) is 0 Å². The summed E-state index contributed by atoms with van der Waals surface area (Å²) in [5, 5.41) is 9.13. The Morgan fingerprint density at radius 1 is 1.36 bits per heavy atom. The fourth-order valence-electron chi connectivity index (χ4n) is 3.75. The predicted octanol–water partition coefficient (Wildman–Crippen LogP) is 2.12. The molecule has 1 aliphatic heterocycles. The van der Waals surface area contributed by atoms with Crippen molar-refractivity contribution in [2.75, 3.05) is 17.1 Å². The molecule has 1 fully saturated rings. The summed E-state index contributed by atoms with van der Waals surface area (Å²) in [5.41, 5.74) is 0.831. The first-order chi connectivity index (χ1) is 10.2. The summed E-state index contributed by atoms with van der Waals surface area (Å²) in [5.74, 6) is -1.64. The van der Waals surface area contributed by atoms with Crippen molar-refractivity contribution in [3.8, 4) is 0 Å². The van der Waals surface area contributed by atoms with Gasteiger partial charge in [0.15, 0.2) is 0 Å². The number of benzene rings is 1. The van der Waals surface area contributed by atoms with E-state index in [1.165, 1.54) is 16.4 Å². The molecule has 7 heteroatoms. The number of rotatable bonds is 2. The minimum Gasteiger partial charge on any atom is -0.481 e. The molecule has 3 rings (SSSR count). The molecule has 1 heterocycles. The zero-order valence-electron chi connectivity index (χ0n) is 12.3. The van der Waals surface area contributed by atoms with E-state index in [0.717, 1.165) is 11.8 Å². The van der Waals surface area contributed by atoms with Crippen molar-refractivity contribution >= 4 is 21.7 Å². The van der Waals surface area contributed by atoms with Gasteiger partial charge in [-0.1, -0.05) is 6.07 Å². The molecule has 0 aromatic heterocycles. The molecule has 1 aliphatic carbocycles. The maximum Gasteiger partial charge on any atom is 0.306 e. The molecule has 5 nitrogen and oxygen atoms in total. The van der Waals surface area contributed by atoms with E-state index in [4.69, 9.17) is 5.11 Å². The third kappa shape index (κ3) is 2.37. The molecule has 0 saturated heterocycles. The van der Waals surface area contributed by atoms with E-state index in [9.17, 15) is 17.6 Å². The van der Waals surface area contributed by atoms with Gasteiger partial charge in [0, 0.05) is 12.0 Å². The second kappa shape index (κ2) is 4.94. The number of sulfonamides is 1. The second-order valence-electron chi connectivity index (χ2n) is 6.32. The molecule has 1 saturated carbocycles. The number of halogens is 1. The molecule has 0 radical (unpaired) electrons. The molecule has 0 bridgehead atoms. The van der Waals surface area contributed by atoms with Gasteiger partial charge in [-0.3, -0.25) is 9.10 Å². The number of carboxylic acid groups (broad SMARTS) is 1. The lowest BCUT2D eigenvalue weighted by Gasteiger charge is -2.36. The Hall–Kier alpha value is -1.63. The van der Waals surface area contributed by atoms with Crippen LogP contribution in [-0.2, 0) is 20.2 Å². The van der Waals surface area contributed by atoms with Crippen molar-refractivity contribution in [1.29, 1.82) is 0 Å². The maximum absolute atomic E-state index is 13.5. The van der Waals surface area contributed by atoms with Crippen molar-refractivity contribution in [2.24, 2.45) is 5.92 Å². The first kappa shape index (κ1) is 15.3. The Bertz CT molecular complexity index is 723. The lowest BCUT2D eigenvalue weighted by atomic mass is 9.68. The van der Waals surface area contributed by atoms with Gasteiger partial charge in [0.05, 0.1) is 17.9 Å². The third-order valence-electron chi connectivity index (χ3n) is 4.94. The van der Waals surface area contributed by atoms with Crippen LogP contribution in [0, 0.1) is 11.7 Å². The van der Waals surface area contributed by atoms with E-state index in [1.807, 2.05) is 0 Å². The molecule has 1 N–H and O–H groups in total. The lowest BCUT2D eigenvalue weighted by Crippen LogP contribution is -2.40. The molecule has 2 aliphatic rings. The number of nitrogens with zero attached hydrogens (tertiary/aromatic N) is 1. The summed E-state index contributed by atoms with van der Waals surface area (Å²) in [7, 11) is -3.49. The summed E-state index contributed by atoms with van der Waals surface area (Å²) in [6.45, 7) is 0.275. The lowest BCUT2D eigenvalue weighted by molar-refractivity contribution is -0.143. The summed E-state index contributed by atoms with van der Waals surface area (Å²) >= 11 is 0. The summed E-state index contributed by atoms with van der Waals surface area (Å²) in [6.07, 6.45) is 3.36. The van der Waals surface area contributed by atoms with Crippen molar-refractivity contribution < 1.29 is 22.7 Å². The van der Waals surface area contributed by atoms with Crippen LogP contribution >= 0.6 is 0 Å². The number of fused-ring (bicyclic) bond motifs is 2. The molecule has 22 heavy (non-hydrogen) atoms. The molecule has 0 unspecified atom stereocenters. The van der Waals surface area contributed by atoms with E-state index < -0.39 is 27.2 Å². The highest BCUT2D eigenvalue weighted by Crippen LogP contribution is 2.51. The Morgan fingerprint density at radius 2 is 2.00 bits per heavy atom. The third-order valence-corrected chi connectivity index (χ3v) is 6.06. The van der Waals surface area contributed by atoms with Gasteiger partial charge in [-0.15, -0.1) is 0 Å². The van der Waals surface area contributed by atoms with Crippen LogP contribution in [0.3, 0.4) is 0 Å². The Balaban J connectivity index is 2.01. The van der Waals surface area contributed by atoms with Gasteiger partial charge in [-0.05, 0) is 43.4 Å². The number of anilines is 1. The van der Waals surface area contributed by atoms with Gasteiger partial charge in [0.2, 0.25) is 10.0 Å². The van der Waals surface area contributed by atoms with Crippen LogP contribution < -0.4 is 4.31 Å². The van der Waals surface area contributed by atoms with Gasteiger partial charge in [-0.25, -0.2) is 12.8 Å². The quantitative estimate of drug-likeness (QED) is 0.903. The number of carboxylic acids is 1. The van der Waals surface area contributed by atoms with Crippen molar-refractivity contribution in [3.05, 3.63) is 29.6 Å². The summed E-state index contributed by atoms with van der Waals surface area (Å²) in [4.78, 5) is 11.1. The molecular weight excluding hydrogens is 309 g/mol. The van der Waals surface area contributed by atoms with Gasteiger partial charge in [-0.2, -0.15) is 0 Å². The molecule has 0 atom stereocenters. The Labute approximate surface area is 128 Å². The topological polar surface area (TPSA) is 74.7 Å². The van der Waals surface area contributed by atoms with Gasteiger partial charge >= 0.3 is 5.97 Å². The summed E-state index contributed by atoms with van der Waals surface area (Å²) < 4.78 is 38.8. The Kier molecular flexibility index (Phi) is 3.43. The Morgan fingerprint density at radius 3 is 2.55 bits per heavy atom. The van der Waals surface area contributed by atoms with Crippen LogP contribution in [0.25, 0.3) is 0 Å². The molecule has 120 valence electrons. The number of aliphatic carboxylic acids is 1. The van der Waals surface area contributed by atoms with Crippen molar-refractivity contribution in [3.63, 3.8) is 0 Å². The van der Waals surface area contributed by atoms with E-state index in [1.54, 1.807) is 6.07 Å². The monoisotopic (exact) mass is 327 g/mol. The first-order valence-electron chi connectivity index (χ1n) is 7.23. The SMILES string of the molecule is CS(=O)(=O)N1CC2(CCC(C(=O)O)CC2)c2ccc(F)cc21. The zero-order valence-corrected chi connectivity index (χ0v) is 13.1. The number of carbonyl (C=O) groups is 1. The molecule has 1 aromatic carbocycles. The van der Waals surface area contributed by atoms with E-state index in [-0.39, 0.29) is 12.5 Å². The van der Waals surface area contributed by atoms with Gasteiger partial charge in [0.1, 0.15) is 5.82 Å². The highest BCUT2D eigenvalue weighted by atomic mass is 32.2. The van der Waals surface area contributed by atoms with Crippen LogP contribution in [0.5, 0.6) is 0 Å². The van der Waals surface area contributed by atoms with Gasteiger partial charge in [0.25, 0.3) is 0 Å². The average molecular weight is 327 g/mol. The van der Waals surface area contributed by atoms with E-state index in [2.05, 4.69) is 0 Å². The predicted molar refractivity (Wildman–Crippen MR) is 79.9 cm³/mol. The van der Waals surface area contributed by atoms with E-state index >= 15 is 0 Å². The molecular formula is C15H18FNO4S. The fourth-order valence-corrected chi connectivity index (χ4v) is 4.74. The smallest absolute Gasteiger partial charge is 0.306 e. The second-order valence-corrected chi connectivity index (χ2v) is 8.23.